The Balaban J connectivity index is 1.59. The number of rotatable bonds is 13. The number of benzene rings is 1. The second-order valence-corrected chi connectivity index (χ2v) is 11.5. The highest BCUT2D eigenvalue weighted by atomic mass is 32.2. The molecule has 1 amide bonds. The van der Waals surface area contributed by atoms with E-state index >= 15 is 0 Å². The van der Waals surface area contributed by atoms with Gasteiger partial charge in [-0.1, -0.05) is 31.7 Å². The Kier molecular flexibility index (Phi) is 10.3. The molecule has 0 bridgehead atoms. The van der Waals surface area contributed by atoms with E-state index in [0.29, 0.717) is 24.8 Å². The van der Waals surface area contributed by atoms with Crippen LogP contribution in [0, 0.1) is 0 Å². The second kappa shape index (κ2) is 13.2. The lowest BCUT2D eigenvalue weighted by molar-refractivity contribution is 0.0951. The first-order valence-electron chi connectivity index (χ1n) is 13.2. The van der Waals surface area contributed by atoms with Gasteiger partial charge in [-0.25, -0.2) is 8.51 Å². The Hall–Kier alpha value is -2.45. The number of fused-ring (bicyclic) bond motifs is 1. The van der Waals surface area contributed by atoms with Crippen molar-refractivity contribution >= 4 is 27.8 Å². The van der Waals surface area contributed by atoms with E-state index in [-0.39, 0.29) is 23.1 Å². The standard InChI is InChI=1S/C28H42N4O3S/c1-6-22(4)31(18-11-19-36(35)30-16-9-10-17-30)23(5)14-15-29-27(33)25-20-24-12-7-8-13-26(24)32(21(2)3)28(25)34/h7-8,12-13,20-22H,5-6,9-11,14-19H2,1-4H3,(H,29,33). The summed E-state index contributed by atoms with van der Waals surface area (Å²) in [7, 11) is -0.903. The normalized spacial score (nSPS) is 15.8. The molecule has 3 rings (SSSR count). The van der Waals surface area contributed by atoms with E-state index in [1.807, 2.05) is 38.1 Å². The molecule has 1 fully saturated rings. The first-order chi connectivity index (χ1) is 17.2. The van der Waals surface area contributed by atoms with Crippen LogP contribution in [0.25, 0.3) is 10.9 Å². The smallest absolute Gasteiger partial charge is 0.264 e. The molecule has 0 radical (unpaired) electrons. The fraction of sp³-hybridized carbons (Fsp3) is 0.571. The molecule has 1 aromatic heterocycles. The fourth-order valence-corrected chi connectivity index (χ4v) is 6.11. The molecule has 2 aromatic rings. The van der Waals surface area contributed by atoms with Gasteiger partial charge in [0, 0.05) is 56.1 Å². The number of carbonyl (C=O) groups is 1. The molecule has 2 unspecified atom stereocenters. The Morgan fingerprint density at radius 1 is 1.19 bits per heavy atom. The third-order valence-electron chi connectivity index (χ3n) is 7.01. The lowest BCUT2D eigenvalue weighted by Crippen LogP contribution is -2.37. The summed E-state index contributed by atoms with van der Waals surface area (Å²) in [6, 6.07) is 9.59. The highest BCUT2D eigenvalue weighted by molar-refractivity contribution is 7.82. The summed E-state index contributed by atoms with van der Waals surface area (Å²) >= 11 is 0. The van der Waals surface area contributed by atoms with Crippen molar-refractivity contribution in [3.8, 4) is 0 Å². The van der Waals surface area contributed by atoms with Gasteiger partial charge in [0.1, 0.15) is 5.56 Å². The zero-order valence-electron chi connectivity index (χ0n) is 22.3. The number of hydrogen-bond donors (Lipinski definition) is 1. The maximum atomic E-state index is 13.1. The molecular formula is C28H42N4O3S. The maximum Gasteiger partial charge on any atom is 0.264 e. The van der Waals surface area contributed by atoms with E-state index < -0.39 is 11.0 Å². The van der Waals surface area contributed by atoms with Gasteiger partial charge >= 0.3 is 0 Å². The summed E-state index contributed by atoms with van der Waals surface area (Å²) in [6.07, 6.45) is 4.68. The van der Waals surface area contributed by atoms with E-state index in [0.717, 1.165) is 61.9 Å². The zero-order valence-corrected chi connectivity index (χ0v) is 23.1. The lowest BCUT2D eigenvalue weighted by atomic mass is 10.1. The minimum Gasteiger partial charge on any atom is -0.373 e. The minimum atomic E-state index is -0.903. The van der Waals surface area contributed by atoms with Crippen molar-refractivity contribution < 1.29 is 9.00 Å². The third-order valence-corrected chi connectivity index (χ3v) is 8.58. The van der Waals surface area contributed by atoms with Crippen molar-refractivity contribution in [2.45, 2.75) is 71.9 Å². The van der Waals surface area contributed by atoms with Gasteiger partial charge in [0.05, 0.1) is 16.5 Å². The molecule has 2 atom stereocenters. The molecule has 1 saturated heterocycles. The molecule has 0 saturated carbocycles. The molecule has 1 aliphatic heterocycles. The van der Waals surface area contributed by atoms with Crippen LogP contribution in [0.4, 0.5) is 0 Å². The van der Waals surface area contributed by atoms with Gasteiger partial charge in [-0.15, -0.1) is 0 Å². The topological polar surface area (TPSA) is 74.6 Å². The summed E-state index contributed by atoms with van der Waals surface area (Å²) in [5, 5.41) is 3.80. The molecule has 36 heavy (non-hydrogen) atoms. The quantitative estimate of drug-likeness (QED) is 0.428. The number of amides is 1. The van der Waals surface area contributed by atoms with E-state index in [4.69, 9.17) is 0 Å². The number of hydrogen-bond acceptors (Lipinski definition) is 4. The molecule has 1 N–H and O–H groups in total. The zero-order chi connectivity index (χ0) is 26.2. The maximum absolute atomic E-state index is 13.1. The Labute approximate surface area is 218 Å². The summed E-state index contributed by atoms with van der Waals surface area (Å²) in [5.41, 5.74) is 1.68. The number of nitrogens with one attached hydrogen (secondary N) is 1. The van der Waals surface area contributed by atoms with E-state index in [1.165, 1.54) is 0 Å². The van der Waals surface area contributed by atoms with Gasteiger partial charge in [0.2, 0.25) is 0 Å². The van der Waals surface area contributed by atoms with E-state index in [1.54, 1.807) is 10.6 Å². The predicted octanol–water partition coefficient (Wildman–Crippen LogP) is 4.47. The van der Waals surface area contributed by atoms with Crippen LogP contribution < -0.4 is 10.9 Å². The van der Waals surface area contributed by atoms with Crippen molar-refractivity contribution in [2.75, 3.05) is 31.9 Å². The molecule has 7 nitrogen and oxygen atoms in total. The van der Waals surface area contributed by atoms with Gasteiger partial charge < -0.3 is 14.8 Å². The van der Waals surface area contributed by atoms with E-state index in [9.17, 15) is 13.8 Å². The summed E-state index contributed by atoms with van der Waals surface area (Å²) < 4.78 is 16.3. The van der Waals surface area contributed by atoms with Crippen LogP contribution in [-0.4, -0.2) is 61.9 Å². The second-order valence-electron chi connectivity index (χ2n) is 9.92. The third kappa shape index (κ3) is 6.85. The molecular weight excluding hydrogens is 472 g/mol. The van der Waals surface area contributed by atoms with Crippen LogP contribution in [0.2, 0.25) is 0 Å². The van der Waals surface area contributed by atoms with Crippen molar-refractivity contribution in [1.82, 2.24) is 19.1 Å². The number of nitrogens with zero attached hydrogens (tertiary/aromatic N) is 3. The highest BCUT2D eigenvalue weighted by Gasteiger charge is 2.20. The predicted molar refractivity (Wildman–Crippen MR) is 150 cm³/mol. The van der Waals surface area contributed by atoms with Crippen molar-refractivity contribution in [3.63, 3.8) is 0 Å². The first kappa shape index (κ1) is 28.1. The van der Waals surface area contributed by atoms with Gasteiger partial charge in [0.15, 0.2) is 0 Å². The lowest BCUT2D eigenvalue weighted by Gasteiger charge is -2.33. The number of carbonyl (C=O) groups excluding carboxylic acids is 1. The molecule has 1 aromatic carbocycles. The molecule has 8 heteroatoms. The van der Waals surface area contributed by atoms with Gasteiger partial charge in [-0.05, 0) is 64.0 Å². The average Bonchev–Trinajstić information content (AvgIpc) is 3.40. The van der Waals surface area contributed by atoms with Gasteiger partial charge in [-0.2, -0.15) is 0 Å². The van der Waals surface area contributed by atoms with Crippen molar-refractivity contribution in [1.29, 1.82) is 0 Å². The molecule has 0 aliphatic carbocycles. The molecule has 0 spiro atoms. The summed E-state index contributed by atoms with van der Waals surface area (Å²) in [4.78, 5) is 28.4. The summed E-state index contributed by atoms with van der Waals surface area (Å²) in [6.45, 7) is 15.6. The number of aromatic nitrogens is 1. The van der Waals surface area contributed by atoms with Crippen LogP contribution in [0.5, 0.6) is 0 Å². The molecule has 198 valence electrons. The van der Waals surface area contributed by atoms with Crippen molar-refractivity contribution in [3.05, 3.63) is 58.5 Å². The Bertz CT molecular complexity index is 1140. The van der Waals surface area contributed by atoms with Gasteiger partial charge in [0.25, 0.3) is 11.5 Å². The Morgan fingerprint density at radius 2 is 1.89 bits per heavy atom. The minimum absolute atomic E-state index is 0.0567. The average molecular weight is 515 g/mol. The summed E-state index contributed by atoms with van der Waals surface area (Å²) in [5.74, 6) is 0.310. The highest BCUT2D eigenvalue weighted by Crippen LogP contribution is 2.18. The number of para-hydroxylation sites is 1. The SMILES string of the molecule is C=C(CCNC(=O)c1cc2ccccc2n(C(C)C)c1=O)N(CCCS(=O)N1CCCC1)C(C)CC. The van der Waals surface area contributed by atoms with Gasteiger partial charge in [-0.3, -0.25) is 9.59 Å². The van der Waals surface area contributed by atoms with Crippen molar-refractivity contribution in [2.24, 2.45) is 0 Å². The monoisotopic (exact) mass is 514 g/mol. The fourth-order valence-electron chi connectivity index (χ4n) is 4.81. The van der Waals surface area contributed by atoms with Crippen LogP contribution in [-0.2, 0) is 11.0 Å². The number of pyridine rings is 1. The largest absolute Gasteiger partial charge is 0.373 e. The van der Waals surface area contributed by atoms with Crippen LogP contribution in [0.1, 0.15) is 76.2 Å². The van der Waals surface area contributed by atoms with Crippen LogP contribution in [0.15, 0.2) is 47.4 Å². The first-order valence-corrected chi connectivity index (χ1v) is 14.5. The molecule has 1 aliphatic rings. The molecule has 2 heterocycles. The van der Waals surface area contributed by atoms with Crippen LogP contribution >= 0.6 is 0 Å². The van der Waals surface area contributed by atoms with Crippen LogP contribution in [0.3, 0.4) is 0 Å². The van der Waals surface area contributed by atoms with E-state index in [2.05, 4.69) is 34.9 Å². The Morgan fingerprint density at radius 3 is 2.56 bits per heavy atom.